The molecule has 1 atom stereocenters. The molecule has 3 N–H and O–H groups in total. The number of aryl methyl sites for hydroxylation is 1. The summed E-state index contributed by atoms with van der Waals surface area (Å²) in [5, 5.41) is 8.83. The molecule has 164 valence electrons. The predicted molar refractivity (Wildman–Crippen MR) is 132 cm³/mol. The van der Waals surface area contributed by atoms with E-state index >= 15 is 0 Å². The first-order valence-electron chi connectivity index (χ1n) is 10.5. The molecule has 2 amide bonds. The second kappa shape index (κ2) is 10.5. The number of aromatic amines is 1. The number of benzene rings is 2. The van der Waals surface area contributed by atoms with Gasteiger partial charge in [-0.05, 0) is 42.1 Å². The van der Waals surface area contributed by atoms with Crippen molar-refractivity contribution in [3.05, 3.63) is 88.2 Å². The quantitative estimate of drug-likeness (QED) is 0.247. The van der Waals surface area contributed by atoms with E-state index in [9.17, 15) is 9.59 Å². The van der Waals surface area contributed by atoms with Crippen LogP contribution in [0, 0.1) is 6.92 Å². The number of amides is 2. The number of H-pyrrole nitrogens is 1. The topological polar surface area (TPSA) is 74.0 Å². The van der Waals surface area contributed by atoms with Crippen LogP contribution in [0.2, 0.25) is 0 Å². The number of nitrogens with one attached hydrogen (secondary N) is 3. The first kappa shape index (κ1) is 22.2. The number of thioether (sulfide) groups is 1. The molecule has 2 heterocycles. The number of carbonyl (C=O) groups is 2. The van der Waals surface area contributed by atoms with Crippen molar-refractivity contribution in [2.75, 3.05) is 12.3 Å². The zero-order valence-electron chi connectivity index (χ0n) is 17.8. The van der Waals surface area contributed by atoms with Crippen molar-refractivity contribution in [3.63, 3.8) is 0 Å². The average Bonchev–Trinajstić information content (AvgIpc) is 3.48. The predicted octanol–water partition coefficient (Wildman–Crippen LogP) is 4.79. The van der Waals surface area contributed by atoms with Gasteiger partial charge in [0.1, 0.15) is 6.04 Å². The summed E-state index contributed by atoms with van der Waals surface area (Å²) < 4.78 is 0. The number of hydrogen-bond acceptors (Lipinski definition) is 4. The first-order chi connectivity index (χ1) is 15.6. The summed E-state index contributed by atoms with van der Waals surface area (Å²) in [6, 6.07) is 19.2. The van der Waals surface area contributed by atoms with E-state index in [0.29, 0.717) is 17.8 Å². The van der Waals surface area contributed by atoms with Crippen LogP contribution in [0.15, 0.2) is 77.1 Å². The SMILES string of the molecule is Cc1ccc(SCCNC(=O)[C@H](Cc2c[nH]c3ccccc23)NC(=O)c2cccs2)cc1. The molecule has 0 spiro atoms. The highest BCUT2D eigenvalue weighted by molar-refractivity contribution is 7.99. The van der Waals surface area contributed by atoms with Gasteiger partial charge in [-0.15, -0.1) is 23.1 Å². The third-order valence-corrected chi connectivity index (χ3v) is 7.04. The average molecular weight is 464 g/mol. The molecule has 0 aliphatic heterocycles. The Morgan fingerprint density at radius 2 is 1.88 bits per heavy atom. The molecule has 0 fully saturated rings. The molecule has 0 aliphatic carbocycles. The molecular formula is C25H25N3O2S2. The summed E-state index contributed by atoms with van der Waals surface area (Å²) in [6.07, 6.45) is 2.33. The number of hydrogen-bond donors (Lipinski definition) is 3. The third kappa shape index (κ3) is 5.60. The Bertz CT molecular complexity index is 1180. The lowest BCUT2D eigenvalue weighted by Crippen LogP contribution is -2.48. The Hall–Kier alpha value is -3.03. The second-order valence-corrected chi connectivity index (χ2v) is 9.64. The Morgan fingerprint density at radius 3 is 2.66 bits per heavy atom. The zero-order valence-corrected chi connectivity index (χ0v) is 19.4. The summed E-state index contributed by atoms with van der Waals surface area (Å²) in [4.78, 5) is 30.7. The Morgan fingerprint density at radius 1 is 1.06 bits per heavy atom. The summed E-state index contributed by atoms with van der Waals surface area (Å²) in [5.74, 6) is 0.353. The fourth-order valence-electron chi connectivity index (χ4n) is 3.47. The molecule has 4 rings (SSSR count). The molecule has 4 aromatic rings. The lowest BCUT2D eigenvalue weighted by Gasteiger charge is -2.18. The maximum Gasteiger partial charge on any atom is 0.262 e. The van der Waals surface area contributed by atoms with E-state index in [1.807, 2.05) is 41.9 Å². The number of aromatic nitrogens is 1. The highest BCUT2D eigenvalue weighted by Crippen LogP contribution is 2.20. The van der Waals surface area contributed by atoms with Crippen LogP contribution < -0.4 is 10.6 Å². The Kier molecular flexibility index (Phi) is 7.29. The first-order valence-corrected chi connectivity index (χ1v) is 12.3. The van der Waals surface area contributed by atoms with E-state index in [2.05, 4.69) is 46.8 Å². The smallest absolute Gasteiger partial charge is 0.262 e. The van der Waals surface area contributed by atoms with Crippen molar-refractivity contribution in [1.82, 2.24) is 15.6 Å². The van der Waals surface area contributed by atoms with Gasteiger partial charge in [0.25, 0.3) is 5.91 Å². The van der Waals surface area contributed by atoms with E-state index in [1.54, 1.807) is 17.8 Å². The molecule has 0 radical (unpaired) electrons. The molecule has 0 unspecified atom stereocenters. The number of carbonyl (C=O) groups excluding carboxylic acids is 2. The molecular weight excluding hydrogens is 438 g/mol. The van der Waals surface area contributed by atoms with Gasteiger partial charge in [0.05, 0.1) is 4.88 Å². The van der Waals surface area contributed by atoms with Crippen LogP contribution in [-0.2, 0) is 11.2 Å². The molecule has 0 saturated heterocycles. The van der Waals surface area contributed by atoms with Crippen LogP contribution >= 0.6 is 23.1 Å². The maximum atomic E-state index is 13.0. The molecule has 2 aromatic heterocycles. The monoisotopic (exact) mass is 463 g/mol. The highest BCUT2D eigenvalue weighted by Gasteiger charge is 2.23. The normalized spacial score (nSPS) is 11.9. The van der Waals surface area contributed by atoms with E-state index < -0.39 is 6.04 Å². The van der Waals surface area contributed by atoms with Crippen LogP contribution in [-0.4, -0.2) is 35.1 Å². The van der Waals surface area contributed by atoms with Crippen molar-refractivity contribution < 1.29 is 9.59 Å². The van der Waals surface area contributed by atoms with Crippen molar-refractivity contribution in [3.8, 4) is 0 Å². The lowest BCUT2D eigenvalue weighted by molar-refractivity contribution is -0.122. The molecule has 0 saturated carbocycles. The van der Waals surface area contributed by atoms with Gasteiger partial charge in [-0.25, -0.2) is 0 Å². The van der Waals surface area contributed by atoms with E-state index in [0.717, 1.165) is 22.2 Å². The fraction of sp³-hybridized carbons (Fsp3) is 0.200. The summed E-state index contributed by atoms with van der Waals surface area (Å²) >= 11 is 3.06. The zero-order chi connectivity index (χ0) is 22.3. The standard InChI is InChI=1S/C25H25N3O2S2/c1-17-8-10-19(11-9-17)31-14-12-26-24(29)22(28-25(30)23-7-4-13-32-23)15-18-16-27-21-6-3-2-5-20(18)21/h2-11,13,16,22,27H,12,14-15H2,1H3,(H,26,29)(H,28,30)/t22-/m0/s1. The summed E-state index contributed by atoms with van der Waals surface area (Å²) in [7, 11) is 0. The molecule has 32 heavy (non-hydrogen) atoms. The number of rotatable bonds is 9. The Labute approximate surface area is 195 Å². The second-order valence-electron chi connectivity index (χ2n) is 7.52. The largest absolute Gasteiger partial charge is 0.361 e. The van der Waals surface area contributed by atoms with Gasteiger partial charge in [0, 0.05) is 40.7 Å². The molecule has 5 nitrogen and oxygen atoms in total. The summed E-state index contributed by atoms with van der Waals surface area (Å²) in [5.41, 5.74) is 3.24. The van der Waals surface area contributed by atoms with Gasteiger partial charge in [0.15, 0.2) is 0 Å². The summed E-state index contributed by atoms with van der Waals surface area (Å²) in [6.45, 7) is 2.59. The third-order valence-electron chi connectivity index (χ3n) is 5.16. The van der Waals surface area contributed by atoms with Crippen LogP contribution in [0.1, 0.15) is 20.8 Å². The van der Waals surface area contributed by atoms with E-state index in [4.69, 9.17) is 0 Å². The van der Waals surface area contributed by atoms with E-state index in [1.165, 1.54) is 21.8 Å². The maximum absolute atomic E-state index is 13.0. The van der Waals surface area contributed by atoms with E-state index in [-0.39, 0.29) is 11.8 Å². The highest BCUT2D eigenvalue weighted by atomic mass is 32.2. The lowest BCUT2D eigenvalue weighted by atomic mass is 10.0. The van der Waals surface area contributed by atoms with Crippen molar-refractivity contribution in [2.24, 2.45) is 0 Å². The van der Waals surface area contributed by atoms with Gasteiger partial charge in [-0.2, -0.15) is 0 Å². The van der Waals surface area contributed by atoms with Crippen LogP contribution in [0.3, 0.4) is 0 Å². The minimum Gasteiger partial charge on any atom is -0.361 e. The number of fused-ring (bicyclic) bond motifs is 1. The molecule has 0 bridgehead atoms. The van der Waals surface area contributed by atoms with Crippen LogP contribution in [0.4, 0.5) is 0 Å². The van der Waals surface area contributed by atoms with Gasteiger partial charge in [-0.1, -0.05) is 42.0 Å². The van der Waals surface area contributed by atoms with Gasteiger partial charge in [0.2, 0.25) is 5.91 Å². The van der Waals surface area contributed by atoms with Crippen LogP contribution in [0.5, 0.6) is 0 Å². The molecule has 2 aromatic carbocycles. The van der Waals surface area contributed by atoms with Crippen LogP contribution in [0.25, 0.3) is 10.9 Å². The molecule has 0 aliphatic rings. The van der Waals surface area contributed by atoms with Gasteiger partial charge < -0.3 is 15.6 Å². The van der Waals surface area contributed by atoms with Gasteiger partial charge >= 0.3 is 0 Å². The van der Waals surface area contributed by atoms with Crippen molar-refractivity contribution >= 4 is 45.8 Å². The Balaban J connectivity index is 1.41. The van der Waals surface area contributed by atoms with Crippen molar-refractivity contribution in [1.29, 1.82) is 0 Å². The minimum absolute atomic E-state index is 0.176. The molecule has 7 heteroatoms. The number of para-hydroxylation sites is 1. The van der Waals surface area contributed by atoms with Crippen molar-refractivity contribution in [2.45, 2.75) is 24.3 Å². The minimum atomic E-state index is -0.659. The number of thiophene rings is 1. The fourth-order valence-corrected chi connectivity index (χ4v) is 4.86. The van der Waals surface area contributed by atoms with Gasteiger partial charge in [-0.3, -0.25) is 9.59 Å².